The Labute approximate surface area is 170 Å². The van der Waals surface area contributed by atoms with E-state index in [0.717, 1.165) is 28.0 Å². The summed E-state index contributed by atoms with van der Waals surface area (Å²) in [7, 11) is 0. The minimum Gasteiger partial charge on any atom is -0.439 e. The molecule has 3 heterocycles. The van der Waals surface area contributed by atoms with Crippen molar-refractivity contribution in [3.63, 3.8) is 0 Å². The fourth-order valence-corrected chi connectivity index (χ4v) is 3.81. The first-order chi connectivity index (χ1) is 13.7. The third kappa shape index (κ3) is 4.03. The van der Waals surface area contributed by atoms with Gasteiger partial charge in [0.05, 0.1) is 22.0 Å². The van der Waals surface area contributed by atoms with Crippen LogP contribution in [0, 0.1) is 11.3 Å². The van der Waals surface area contributed by atoms with Gasteiger partial charge in [0.2, 0.25) is 5.88 Å². The molecule has 0 fully saturated rings. The molecule has 0 unspecified atom stereocenters. The molecule has 0 bridgehead atoms. The van der Waals surface area contributed by atoms with Gasteiger partial charge in [0, 0.05) is 24.2 Å². The number of benzene rings is 1. The van der Waals surface area contributed by atoms with Crippen LogP contribution in [0.25, 0.3) is 10.2 Å². The number of halogens is 1. The highest BCUT2D eigenvalue weighted by molar-refractivity contribution is 7.17. The van der Waals surface area contributed by atoms with Crippen molar-refractivity contribution in [1.82, 2.24) is 15.0 Å². The van der Waals surface area contributed by atoms with Crippen LogP contribution in [0.1, 0.15) is 11.1 Å². The summed E-state index contributed by atoms with van der Waals surface area (Å²) in [6.45, 7) is 0.713. The lowest BCUT2D eigenvalue weighted by Gasteiger charge is -2.08. The van der Waals surface area contributed by atoms with Crippen molar-refractivity contribution in [2.75, 3.05) is 11.9 Å². The number of anilines is 1. The van der Waals surface area contributed by atoms with Crippen molar-refractivity contribution in [2.45, 2.75) is 6.42 Å². The van der Waals surface area contributed by atoms with Gasteiger partial charge >= 0.3 is 0 Å². The van der Waals surface area contributed by atoms with Crippen molar-refractivity contribution in [2.24, 2.45) is 0 Å². The summed E-state index contributed by atoms with van der Waals surface area (Å²) in [6, 6.07) is 13.1. The Balaban J connectivity index is 1.37. The van der Waals surface area contributed by atoms with Gasteiger partial charge in [-0.05, 0) is 30.2 Å². The second-order valence-electron chi connectivity index (χ2n) is 5.90. The molecule has 0 aliphatic carbocycles. The number of ether oxygens (including phenoxy) is 1. The number of hydrogen-bond donors (Lipinski definition) is 1. The monoisotopic (exact) mass is 407 g/mol. The van der Waals surface area contributed by atoms with Crippen LogP contribution in [0.3, 0.4) is 0 Å². The van der Waals surface area contributed by atoms with Crippen LogP contribution in [0.2, 0.25) is 5.02 Å². The molecule has 4 rings (SSSR count). The lowest BCUT2D eigenvalue weighted by Crippen LogP contribution is -2.06. The van der Waals surface area contributed by atoms with Gasteiger partial charge in [-0.2, -0.15) is 5.26 Å². The molecule has 1 aromatic carbocycles. The molecular weight excluding hydrogens is 394 g/mol. The Bertz CT molecular complexity index is 1150. The molecule has 6 nitrogen and oxygen atoms in total. The number of fused-ring (bicyclic) bond motifs is 1. The molecule has 138 valence electrons. The Morgan fingerprint density at radius 2 is 2.00 bits per heavy atom. The first-order valence-corrected chi connectivity index (χ1v) is 9.73. The molecule has 0 spiro atoms. The fourth-order valence-electron chi connectivity index (χ4n) is 2.68. The standard InChI is InChI=1S/C20H14ClN5OS/c21-16-11-28-20-18(16)19(25-12-26-20)24-8-5-13-1-3-15(4-2-13)27-17-9-14(10-22)6-7-23-17/h1-4,6-7,9,11-12H,5,8H2,(H,24,25,26). The number of rotatable bonds is 6. The normalized spacial score (nSPS) is 10.6. The molecular formula is C20H14ClN5OS. The number of nitrogens with one attached hydrogen (secondary N) is 1. The van der Waals surface area contributed by atoms with Crippen LogP contribution in [-0.4, -0.2) is 21.5 Å². The van der Waals surface area contributed by atoms with Gasteiger partial charge in [-0.25, -0.2) is 15.0 Å². The molecule has 0 amide bonds. The molecule has 0 radical (unpaired) electrons. The number of pyridine rings is 1. The van der Waals surface area contributed by atoms with E-state index in [9.17, 15) is 0 Å². The molecule has 8 heteroatoms. The van der Waals surface area contributed by atoms with Crippen LogP contribution in [0.5, 0.6) is 11.6 Å². The van der Waals surface area contributed by atoms with Gasteiger partial charge < -0.3 is 10.1 Å². The highest BCUT2D eigenvalue weighted by Gasteiger charge is 2.09. The average Bonchev–Trinajstić information content (AvgIpc) is 3.11. The topological polar surface area (TPSA) is 83.7 Å². The van der Waals surface area contributed by atoms with E-state index in [0.29, 0.717) is 28.8 Å². The molecule has 28 heavy (non-hydrogen) atoms. The Morgan fingerprint density at radius 3 is 2.82 bits per heavy atom. The Kier molecular flexibility index (Phi) is 5.33. The molecule has 0 aliphatic rings. The van der Waals surface area contributed by atoms with E-state index in [1.54, 1.807) is 24.7 Å². The fraction of sp³-hybridized carbons (Fsp3) is 0.100. The van der Waals surface area contributed by atoms with Gasteiger partial charge in [0.1, 0.15) is 22.7 Å². The maximum Gasteiger partial charge on any atom is 0.220 e. The number of hydrogen-bond acceptors (Lipinski definition) is 7. The van der Waals surface area contributed by atoms with Crippen molar-refractivity contribution in [1.29, 1.82) is 5.26 Å². The summed E-state index contributed by atoms with van der Waals surface area (Å²) < 4.78 is 5.69. The highest BCUT2D eigenvalue weighted by atomic mass is 35.5. The zero-order valence-electron chi connectivity index (χ0n) is 14.6. The number of nitrogens with zero attached hydrogens (tertiary/aromatic N) is 4. The van der Waals surface area contributed by atoms with Gasteiger partial charge in [0.15, 0.2) is 0 Å². The number of thiophene rings is 1. The molecule has 0 saturated carbocycles. The second kappa shape index (κ2) is 8.21. The van der Waals surface area contributed by atoms with E-state index in [-0.39, 0.29) is 0 Å². The molecule has 0 aliphatic heterocycles. The predicted molar refractivity (Wildman–Crippen MR) is 110 cm³/mol. The van der Waals surface area contributed by atoms with E-state index in [1.807, 2.05) is 29.6 Å². The zero-order chi connectivity index (χ0) is 19.3. The Morgan fingerprint density at radius 1 is 1.14 bits per heavy atom. The molecule has 3 aromatic heterocycles. The van der Waals surface area contributed by atoms with Crippen LogP contribution in [-0.2, 0) is 6.42 Å². The molecule has 0 atom stereocenters. The van der Waals surface area contributed by atoms with Crippen LogP contribution in [0.15, 0.2) is 54.3 Å². The van der Waals surface area contributed by atoms with Crippen LogP contribution >= 0.6 is 22.9 Å². The summed E-state index contributed by atoms with van der Waals surface area (Å²) in [4.78, 5) is 13.5. The van der Waals surface area contributed by atoms with E-state index in [1.165, 1.54) is 11.3 Å². The van der Waals surface area contributed by atoms with E-state index >= 15 is 0 Å². The maximum atomic E-state index is 8.94. The maximum absolute atomic E-state index is 8.94. The van der Waals surface area contributed by atoms with Crippen molar-refractivity contribution in [3.8, 4) is 17.7 Å². The van der Waals surface area contributed by atoms with Crippen molar-refractivity contribution < 1.29 is 4.74 Å². The lowest BCUT2D eigenvalue weighted by atomic mass is 10.1. The first kappa shape index (κ1) is 18.2. The van der Waals surface area contributed by atoms with Gasteiger partial charge in [-0.3, -0.25) is 0 Å². The van der Waals surface area contributed by atoms with Crippen LogP contribution < -0.4 is 10.1 Å². The van der Waals surface area contributed by atoms with E-state index in [4.69, 9.17) is 21.6 Å². The number of nitriles is 1. The first-order valence-electron chi connectivity index (χ1n) is 8.47. The largest absolute Gasteiger partial charge is 0.439 e. The summed E-state index contributed by atoms with van der Waals surface area (Å²) in [5.74, 6) is 1.82. The quantitative estimate of drug-likeness (QED) is 0.481. The van der Waals surface area contributed by atoms with Gasteiger partial charge in [-0.15, -0.1) is 11.3 Å². The minimum absolute atomic E-state index is 0.397. The Hall–Kier alpha value is -3.21. The van der Waals surface area contributed by atoms with E-state index < -0.39 is 0 Å². The minimum atomic E-state index is 0.397. The predicted octanol–water partition coefficient (Wildman–Crippen LogP) is 5.06. The smallest absolute Gasteiger partial charge is 0.220 e. The lowest BCUT2D eigenvalue weighted by molar-refractivity contribution is 0.462. The van der Waals surface area contributed by atoms with E-state index in [2.05, 4.69) is 26.3 Å². The summed E-state index contributed by atoms with van der Waals surface area (Å²) in [6.07, 6.45) is 3.91. The van der Waals surface area contributed by atoms with Gasteiger partial charge in [-0.1, -0.05) is 23.7 Å². The van der Waals surface area contributed by atoms with Crippen molar-refractivity contribution in [3.05, 3.63) is 70.5 Å². The summed E-state index contributed by atoms with van der Waals surface area (Å²) in [5.41, 5.74) is 1.66. The molecule has 1 N–H and O–H groups in total. The third-order valence-corrected chi connectivity index (χ3v) is 5.36. The van der Waals surface area contributed by atoms with Gasteiger partial charge in [0.25, 0.3) is 0 Å². The SMILES string of the molecule is N#Cc1ccnc(Oc2ccc(CCNc3ncnc4scc(Cl)c34)cc2)c1. The van der Waals surface area contributed by atoms with Crippen molar-refractivity contribution >= 4 is 39.0 Å². The number of aromatic nitrogens is 3. The average molecular weight is 408 g/mol. The molecule has 4 aromatic rings. The summed E-state index contributed by atoms with van der Waals surface area (Å²) in [5, 5.41) is 15.7. The molecule has 0 saturated heterocycles. The van der Waals surface area contributed by atoms with Crippen LogP contribution in [0.4, 0.5) is 5.82 Å². The second-order valence-corrected chi connectivity index (χ2v) is 7.17. The highest BCUT2D eigenvalue weighted by Crippen LogP contribution is 2.32. The third-order valence-electron chi connectivity index (χ3n) is 4.04. The zero-order valence-corrected chi connectivity index (χ0v) is 16.2. The summed E-state index contributed by atoms with van der Waals surface area (Å²) >= 11 is 7.73.